The molecule has 0 unspecified atom stereocenters. The van der Waals surface area contributed by atoms with Crippen molar-refractivity contribution in [1.82, 2.24) is 0 Å². The van der Waals surface area contributed by atoms with E-state index in [2.05, 4.69) is 0 Å². The summed E-state index contributed by atoms with van der Waals surface area (Å²) < 4.78 is 26.6. The van der Waals surface area contributed by atoms with Crippen LogP contribution in [0, 0.1) is 0 Å². The zero-order valence-electron chi connectivity index (χ0n) is 6.46. The van der Waals surface area contributed by atoms with E-state index in [1.54, 1.807) is 11.4 Å². The summed E-state index contributed by atoms with van der Waals surface area (Å²) in [5.74, 6) is 0. The number of fused-ring (bicyclic) bond motifs is 1. The molecule has 0 saturated heterocycles. The monoisotopic (exact) mass is 220 g/mol. The Morgan fingerprint density at radius 1 is 1.46 bits per heavy atom. The van der Waals surface area contributed by atoms with E-state index < -0.39 is 6.43 Å². The molecule has 70 valence electrons. The first-order chi connectivity index (χ1) is 6.24. The number of hydrogen-bond donors (Lipinski definition) is 1. The van der Waals surface area contributed by atoms with Crippen LogP contribution < -0.4 is 0 Å². The summed E-state index contributed by atoms with van der Waals surface area (Å²) in [6.07, 6.45) is -2.49. The van der Waals surface area contributed by atoms with Gasteiger partial charge in [-0.05, 0) is 11.4 Å². The Balaban J connectivity index is 2.70. The van der Waals surface area contributed by atoms with Gasteiger partial charge in [0.25, 0.3) is 6.43 Å². The van der Waals surface area contributed by atoms with E-state index in [9.17, 15) is 8.78 Å². The van der Waals surface area contributed by atoms with E-state index in [0.717, 1.165) is 4.70 Å². The largest absolute Gasteiger partial charge is 0.391 e. The van der Waals surface area contributed by atoms with Crippen LogP contribution in [-0.2, 0) is 6.61 Å². The molecule has 0 aromatic carbocycles. The predicted octanol–water partition coefficient (Wildman–Crippen LogP) is 3.39. The molecule has 5 heteroatoms. The second kappa shape index (κ2) is 3.32. The minimum absolute atomic E-state index is 0.0116. The van der Waals surface area contributed by atoms with E-state index in [1.165, 1.54) is 22.7 Å². The number of aliphatic hydroxyl groups excluding tert-OH is 1. The smallest absolute Gasteiger partial charge is 0.266 e. The van der Waals surface area contributed by atoms with Crippen molar-refractivity contribution in [2.45, 2.75) is 13.0 Å². The van der Waals surface area contributed by atoms with E-state index in [1.807, 2.05) is 0 Å². The first-order valence-electron chi connectivity index (χ1n) is 3.61. The summed E-state index contributed by atoms with van der Waals surface area (Å²) in [5, 5.41) is 10.7. The third-order valence-corrected chi connectivity index (χ3v) is 4.00. The molecule has 2 rings (SSSR count). The highest BCUT2D eigenvalue weighted by Gasteiger charge is 2.20. The van der Waals surface area contributed by atoms with Gasteiger partial charge in [-0.1, -0.05) is 0 Å². The zero-order chi connectivity index (χ0) is 9.42. The van der Waals surface area contributed by atoms with E-state index in [4.69, 9.17) is 5.11 Å². The lowest BCUT2D eigenvalue weighted by Gasteiger charge is -1.98. The van der Waals surface area contributed by atoms with E-state index in [0.29, 0.717) is 9.58 Å². The number of halogens is 2. The Morgan fingerprint density at radius 3 is 2.85 bits per heavy atom. The predicted molar refractivity (Wildman–Crippen MR) is 50.6 cm³/mol. The van der Waals surface area contributed by atoms with Crippen LogP contribution in [0.3, 0.4) is 0 Å². The summed E-state index contributed by atoms with van der Waals surface area (Å²) >= 11 is 2.54. The second-order valence-electron chi connectivity index (χ2n) is 2.51. The number of thiophene rings is 2. The fraction of sp³-hybridized carbons (Fsp3) is 0.250. The molecule has 1 nitrogen and oxygen atoms in total. The summed E-state index contributed by atoms with van der Waals surface area (Å²) in [6, 6.07) is 1.80. The molecule has 0 bridgehead atoms. The molecule has 0 fully saturated rings. The van der Waals surface area contributed by atoms with Crippen LogP contribution >= 0.6 is 22.7 Å². The molecule has 0 aliphatic rings. The number of rotatable bonds is 2. The lowest BCUT2D eigenvalue weighted by Crippen LogP contribution is -1.87. The maximum Gasteiger partial charge on any atom is 0.266 e. The van der Waals surface area contributed by atoms with Gasteiger partial charge in [-0.25, -0.2) is 8.78 Å². The zero-order valence-corrected chi connectivity index (χ0v) is 8.09. The second-order valence-corrected chi connectivity index (χ2v) is 4.56. The molecule has 1 N–H and O–H groups in total. The molecule has 2 heterocycles. The Kier molecular flexibility index (Phi) is 2.31. The molecule has 13 heavy (non-hydrogen) atoms. The Hall–Kier alpha value is -0.520. The van der Waals surface area contributed by atoms with Gasteiger partial charge in [-0.2, -0.15) is 0 Å². The molecule has 0 aliphatic heterocycles. The third-order valence-electron chi connectivity index (χ3n) is 1.77. The lowest BCUT2D eigenvalue weighted by molar-refractivity contribution is 0.150. The summed E-state index contributed by atoms with van der Waals surface area (Å²) in [4.78, 5) is 0.386. The van der Waals surface area contributed by atoms with Crippen molar-refractivity contribution in [2.24, 2.45) is 0 Å². The van der Waals surface area contributed by atoms with Gasteiger partial charge in [0.05, 0.1) is 16.9 Å². The van der Waals surface area contributed by atoms with Gasteiger partial charge in [0, 0.05) is 9.58 Å². The quantitative estimate of drug-likeness (QED) is 0.822. The van der Waals surface area contributed by atoms with Crippen LogP contribution in [0.2, 0.25) is 0 Å². The molecular formula is C8H6F2OS2. The SMILES string of the molecule is OCc1sc2ccsc2c1C(F)F. The lowest BCUT2D eigenvalue weighted by atomic mass is 10.2. The van der Waals surface area contributed by atoms with Gasteiger partial charge in [-0.3, -0.25) is 0 Å². The fourth-order valence-electron chi connectivity index (χ4n) is 1.23. The van der Waals surface area contributed by atoms with Crippen LogP contribution in [-0.4, -0.2) is 5.11 Å². The average Bonchev–Trinajstić information content (AvgIpc) is 2.59. The molecule has 0 aliphatic carbocycles. The van der Waals surface area contributed by atoms with Crippen molar-refractivity contribution < 1.29 is 13.9 Å². The topological polar surface area (TPSA) is 20.2 Å². The van der Waals surface area contributed by atoms with Gasteiger partial charge in [0.15, 0.2) is 0 Å². The Labute approximate surface area is 81.2 Å². The molecule has 2 aromatic heterocycles. The van der Waals surface area contributed by atoms with Gasteiger partial charge in [0.2, 0.25) is 0 Å². The summed E-state index contributed by atoms with van der Waals surface area (Å²) in [6.45, 7) is -0.300. The molecule has 0 spiro atoms. The standard InChI is InChI=1S/C8H6F2OS2/c9-8(10)6-5(3-11)13-4-1-2-12-7(4)6/h1-2,8,11H,3H2. The minimum Gasteiger partial charge on any atom is -0.391 e. The van der Waals surface area contributed by atoms with Gasteiger partial charge < -0.3 is 5.11 Å². The van der Waals surface area contributed by atoms with Crippen molar-refractivity contribution in [3.63, 3.8) is 0 Å². The van der Waals surface area contributed by atoms with E-state index in [-0.39, 0.29) is 12.2 Å². The van der Waals surface area contributed by atoms with Gasteiger partial charge in [-0.15, -0.1) is 22.7 Å². The maximum absolute atomic E-state index is 12.6. The highest BCUT2D eigenvalue weighted by molar-refractivity contribution is 7.27. The number of aliphatic hydroxyl groups is 1. The maximum atomic E-state index is 12.6. The van der Waals surface area contributed by atoms with Crippen molar-refractivity contribution in [2.75, 3.05) is 0 Å². The van der Waals surface area contributed by atoms with Crippen molar-refractivity contribution in [3.8, 4) is 0 Å². The molecule has 0 saturated carbocycles. The molecular weight excluding hydrogens is 214 g/mol. The molecule has 2 aromatic rings. The first kappa shape index (κ1) is 9.05. The van der Waals surface area contributed by atoms with Gasteiger partial charge >= 0.3 is 0 Å². The van der Waals surface area contributed by atoms with Crippen molar-refractivity contribution in [1.29, 1.82) is 0 Å². The highest BCUT2D eigenvalue weighted by Crippen LogP contribution is 2.40. The van der Waals surface area contributed by atoms with E-state index >= 15 is 0 Å². The minimum atomic E-state index is -2.49. The summed E-state index contributed by atoms with van der Waals surface area (Å²) in [5.41, 5.74) is 0.0116. The van der Waals surface area contributed by atoms with Crippen LogP contribution in [0.4, 0.5) is 8.78 Å². The van der Waals surface area contributed by atoms with Crippen LogP contribution in [0.1, 0.15) is 16.9 Å². The average molecular weight is 220 g/mol. The normalized spacial score (nSPS) is 11.7. The van der Waals surface area contributed by atoms with Gasteiger partial charge in [0.1, 0.15) is 0 Å². The Morgan fingerprint density at radius 2 is 2.23 bits per heavy atom. The fourth-order valence-corrected chi connectivity index (χ4v) is 3.48. The summed E-state index contributed by atoms with van der Waals surface area (Å²) in [7, 11) is 0. The number of alkyl halides is 2. The molecule has 0 atom stereocenters. The highest BCUT2D eigenvalue weighted by atomic mass is 32.1. The van der Waals surface area contributed by atoms with Crippen LogP contribution in [0.15, 0.2) is 11.4 Å². The molecule has 0 amide bonds. The van der Waals surface area contributed by atoms with Crippen molar-refractivity contribution >= 4 is 32.1 Å². The third kappa shape index (κ3) is 1.37. The molecule has 0 radical (unpaired) electrons. The van der Waals surface area contributed by atoms with Crippen LogP contribution in [0.25, 0.3) is 9.40 Å². The van der Waals surface area contributed by atoms with Crippen LogP contribution in [0.5, 0.6) is 0 Å². The Bertz CT molecular complexity index is 419. The first-order valence-corrected chi connectivity index (χ1v) is 5.31. The van der Waals surface area contributed by atoms with Crippen molar-refractivity contribution in [3.05, 3.63) is 21.9 Å². The number of hydrogen-bond acceptors (Lipinski definition) is 3.